The van der Waals surface area contributed by atoms with Gasteiger partial charge in [0.25, 0.3) is 0 Å². The number of esters is 1. The molecule has 6 heteroatoms. The van der Waals surface area contributed by atoms with Crippen molar-refractivity contribution in [3.63, 3.8) is 0 Å². The molecular weight excluding hydrogens is 384 g/mol. The lowest BCUT2D eigenvalue weighted by molar-refractivity contribution is -0.202. The minimum Gasteiger partial charge on any atom is -0.464 e. The van der Waals surface area contributed by atoms with Crippen molar-refractivity contribution in [2.45, 2.75) is 18.1 Å². The van der Waals surface area contributed by atoms with Crippen molar-refractivity contribution in [2.24, 2.45) is 0 Å². The van der Waals surface area contributed by atoms with E-state index in [2.05, 4.69) is 0 Å². The van der Waals surface area contributed by atoms with E-state index in [1.54, 1.807) is 24.3 Å². The highest BCUT2D eigenvalue weighted by molar-refractivity contribution is 5.88. The number of hydrogen-bond donors (Lipinski definition) is 1. The topological polar surface area (TPSA) is 86.0 Å². The van der Waals surface area contributed by atoms with Gasteiger partial charge >= 0.3 is 17.4 Å². The minimum atomic E-state index is -2.23. The number of ether oxygens (including phenoxy) is 2. The van der Waals surface area contributed by atoms with Gasteiger partial charge in [0.2, 0.25) is 0 Å². The molecule has 1 aliphatic heterocycles. The van der Waals surface area contributed by atoms with Crippen LogP contribution in [0.25, 0.3) is 21.7 Å². The lowest BCUT2D eigenvalue weighted by atomic mass is 9.82. The van der Waals surface area contributed by atoms with Gasteiger partial charge in [0, 0.05) is 12.3 Å². The molecule has 4 aromatic rings. The summed E-state index contributed by atoms with van der Waals surface area (Å²) in [6.07, 6.45) is -0.173. The van der Waals surface area contributed by atoms with E-state index in [1.807, 2.05) is 42.5 Å². The number of aliphatic hydroxyl groups is 1. The van der Waals surface area contributed by atoms with E-state index in [0.29, 0.717) is 11.0 Å². The summed E-state index contributed by atoms with van der Waals surface area (Å²) in [6.45, 7) is 0. The van der Waals surface area contributed by atoms with Gasteiger partial charge in [0.05, 0.1) is 18.1 Å². The minimum absolute atomic E-state index is 0.138. The number of benzene rings is 3. The second-order valence-corrected chi connectivity index (χ2v) is 7.37. The molecule has 1 N–H and O–H groups in total. The number of fused-ring (bicyclic) bond motifs is 4. The van der Waals surface area contributed by atoms with E-state index in [1.165, 1.54) is 7.11 Å². The molecule has 150 valence electrons. The van der Waals surface area contributed by atoms with Gasteiger partial charge in [-0.15, -0.1) is 0 Å². The van der Waals surface area contributed by atoms with Crippen LogP contribution < -0.4 is 10.4 Å². The Hall–Kier alpha value is -3.64. The number of para-hydroxylation sites is 1. The first-order valence-electron chi connectivity index (χ1n) is 9.54. The van der Waals surface area contributed by atoms with Crippen LogP contribution in [-0.4, -0.2) is 24.0 Å². The molecule has 1 aromatic heterocycles. The van der Waals surface area contributed by atoms with Crippen molar-refractivity contribution >= 4 is 27.7 Å². The summed E-state index contributed by atoms with van der Waals surface area (Å²) in [6, 6.07) is 20.5. The van der Waals surface area contributed by atoms with Gasteiger partial charge in [0.15, 0.2) is 0 Å². The van der Waals surface area contributed by atoms with Gasteiger partial charge in [-0.05, 0) is 28.5 Å². The molecule has 2 heterocycles. The summed E-state index contributed by atoms with van der Waals surface area (Å²) < 4.78 is 16.0. The molecule has 0 saturated heterocycles. The first kappa shape index (κ1) is 18.4. The average molecular weight is 402 g/mol. The Bertz CT molecular complexity index is 1350. The fourth-order valence-electron chi connectivity index (χ4n) is 4.13. The van der Waals surface area contributed by atoms with Crippen LogP contribution in [0.4, 0.5) is 0 Å². The highest BCUT2D eigenvalue weighted by Crippen LogP contribution is 2.45. The maximum Gasteiger partial charge on any atom is 0.379 e. The summed E-state index contributed by atoms with van der Waals surface area (Å²) in [5.41, 5.74) is 0.794. The van der Waals surface area contributed by atoms with Crippen LogP contribution in [-0.2, 0) is 9.53 Å². The standard InChI is InChI=1S/C24H18O6/c1-28-23(26)24(27)13-18(16-11-10-14-6-2-3-7-15(14)12-16)20-21(30-24)17-8-4-5-9-19(17)29-22(20)25/h2-12,18,27H,13H2,1H3. The number of hydrogen-bond acceptors (Lipinski definition) is 6. The largest absolute Gasteiger partial charge is 0.464 e. The first-order valence-corrected chi connectivity index (χ1v) is 9.54. The van der Waals surface area contributed by atoms with Crippen LogP contribution in [0.1, 0.15) is 23.5 Å². The summed E-state index contributed by atoms with van der Waals surface area (Å²) in [5, 5.41) is 13.6. The van der Waals surface area contributed by atoms with E-state index < -0.39 is 23.3 Å². The van der Waals surface area contributed by atoms with Crippen LogP contribution in [0.5, 0.6) is 5.75 Å². The Balaban J connectivity index is 1.79. The Morgan fingerprint density at radius 2 is 1.80 bits per heavy atom. The van der Waals surface area contributed by atoms with E-state index >= 15 is 0 Å². The molecule has 5 rings (SSSR count). The van der Waals surface area contributed by atoms with Crippen molar-refractivity contribution in [1.82, 2.24) is 0 Å². The predicted molar refractivity (Wildman–Crippen MR) is 110 cm³/mol. The lowest BCUT2D eigenvalue weighted by Gasteiger charge is -2.36. The molecule has 2 atom stereocenters. The zero-order valence-corrected chi connectivity index (χ0v) is 16.1. The third-order valence-corrected chi connectivity index (χ3v) is 5.58. The van der Waals surface area contributed by atoms with Gasteiger partial charge in [-0.1, -0.05) is 54.6 Å². The number of rotatable bonds is 2. The maximum atomic E-state index is 12.9. The van der Waals surface area contributed by atoms with Gasteiger partial charge < -0.3 is 19.0 Å². The monoisotopic (exact) mass is 402 g/mol. The molecule has 0 bridgehead atoms. The van der Waals surface area contributed by atoms with Gasteiger partial charge in [-0.3, -0.25) is 0 Å². The van der Waals surface area contributed by atoms with Crippen LogP contribution >= 0.6 is 0 Å². The molecule has 0 spiro atoms. The number of carbonyl (C=O) groups is 1. The molecule has 0 aliphatic carbocycles. The second kappa shape index (κ2) is 6.71. The van der Waals surface area contributed by atoms with Crippen molar-refractivity contribution in [3.05, 3.63) is 88.3 Å². The second-order valence-electron chi connectivity index (χ2n) is 7.37. The summed E-state index contributed by atoms with van der Waals surface area (Å²) in [5.74, 6) is -3.63. The van der Waals surface area contributed by atoms with Crippen molar-refractivity contribution < 1.29 is 23.8 Å². The smallest absolute Gasteiger partial charge is 0.379 e. The molecule has 0 radical (unpaired) electrons. The van der Waals surface area contributed by atoms with Crippen LogP contribution in [0.2, 0.25) is 0 Å². The Labute approximate surface area is 171 Å². The van der Waals surface area contributed by atoms with E-state index in [-0.39, 0.29) is 17.7 Å². The normalized spacial score (nSPS) is 20.5. The van der Waals surface area contributed by atoms with Crippen LogP contribution in [0, 0.1) is 0 Å². The fourth-order valence-corrected chi connectivity index (χ4v) is 4.13. The van der Waals surface area contributed by atoms with Gasteiger partial charge in [-0.2, -0.15) is 0 Å². The molecule has 6 nitrogen and oxygen atoms in total. The molecule has 0 saturated carbocycles. The van der Waals surface area contributed by atoms with Gasteiger partial charge in [-0.25, -0.2) is 9.59 Å². The van der Waals surface area contributed by atoms with Crippen LogP contribution in [0.15, 0.2) is 75.9 Å². The van der Waals surface area contributed by atoms with E-state index in [0.717, 1.165) is 16.3 Å². The Kier molecular flexibility index (Phi) is 4.11. The van der Waals surface area contributed by atoms with E-state index in [9.17, 15) is 14.7 Å². The lowest BCUT2D eigenvalue weighted by Crippen LogP contribution is -2.50. The average Bonchev–Trinajstić information content (AvgIpc) is 2.77. The summed E-state index contributed by atoms with van der Waals surface area (Å²) in [7, 11) is 1.18. The third kappa shape index (κ3) is 2.76. The molecule has 1 aliphatic rings. The summed E-state index contributed by atoms with van der Waals surface area (Å²) in [4.78, 5) is 25.3. The van der Waals surface area contributed by atoms with E-state index in [4.69, 9.17) is 13.9 Å². The zero-order valence-electron chi connectivity index (χ0n) is 16.1. The van der Waals surface area contributed by atoms with Crippen LogP contribution in [0.3, 0.4) is 0 Å². The molecule has 0 amide bonds. The molecule has 3 aromatic carbocycles. The van der Waals surface area contributed by atoms with Crippen molar-refractivity contribution in [2.75, 3.05) is 7.11 Å². The molecule has 2 unspecified atom stereocenters. The quantitative estimate of drug-likeness (QED) is 0.406. The third-order valence-electron chi connectivity index (χ3n) is 5.58. The Morgan fingerprint density at radius 1 is 1.07 bits per heavy atom. The molecule has 30 heavy (non-hydrogen) atoms. The van der Waals surface area contributed by atoms with Gasteiger partial charge in [0.1, 0.15) is 11.3 Å². The molecule has 0 fully saturated rings. The number of methoxy groups -OCH3 is 1. The fraction of sp³-hybridized carbons (Fsp3) is 0.167. The predicted octanol–water partition coefficient (Wildman–Crippen LogP) is 3.72. The highest BCUT2D eigenvalue weighted by Gasteiger charge is 2.49. The maximum absolute atomic E-state index is 12.9. The highest BCUT2D eigenvalue weighted by atomic mass is 16.7. The molecular formula is C24H18O6. The SMILES string of the molecule is COC(=O)C1(O)CC(c2ccc3ccccc3c2)c2c(c3ccccc3oc2=O)O1. The zero-order chi connectivity index (χ0) is 20.9. The first-order chi connectivity index (χ1) is 14.5. The van der Waals surface area contributed by atoms with Crippen molar-refractivity contribution in [1.29, 1.82) is 0 Å². The number of carbonyl (C=O) groups excluding carboxylic acids is 1. The van der Waals surface area contributed by atoms with Crippen molar-refractivity contribution in [3.8, 4) is 5.75 Å². The Morgan fingerprint density at radius 3 is 2.60 bits per heavy atom. The summed E-state index contributed by atoms with van der Waals surface area (Å²) >= 11 is 0.